The molecule has 2 aliphatic heterocycles. The van der Waals surface area contributed by atoms with Gasteiger partial charge in [-0.2, -0.15) is 0 Å². The van der Waals surface area contributed by atoms with Gasteiger partial charge >= 0.3 is 0 Å². The summed E-state index contributed by atoms with van der Waals surface area (Å²) in [7, 11) is 0. The second-order valence-electron chi connectivity index (χ2n) is 7.38. The Morgan fingerprint density at radius 1 is 0.966 bits per heavy atom. The van der Waals surface area contributed by atoms with Gasteiger partial charge in [0, 0.05) is 55.5 Å². The van der Waals surface area contributed by atoms with Crippen molar-refractivity contribution in [2.24, 2.45) is 4.99 Å². The molecule has 1 saturated heterocycles. The minimum Gasteiger partial charge on any atom is -0.356 e. The molecule has 146 valence electrons. The monoisotopic (exact) mass is 391 g/mol. The molecule has 0 spiro atoms. The summed E-state index contributed by atoms with van der Waals surface area (Å²) in [5.74, 6) is -1.91. The van der Waals surface area contributed by atoms with Crippen molar-refractivity contribution in [3.63, 3.8) is 0 Å². The van der Waals surface area contributed by atoms with Crippen molar-refractivity contribution in [3.8, 4) is 11.1 Å². The highest BCUT2D eigenvalue weighted by Gasteiger charge is 2.34. The summed E-state index contributed by atoms with van der Waals surface area (Å²) >= 11 is 0. The number of alkyl halides is 2. The number of benzene rings is 1. The van der Waals surface area contributed by atoms with Gasteiger partial charge in [0.25, 0.3) is 5.92 Å². The van der Waals surface area contributed by atoms with Crippen LogP contribution in [0.5, 0.6) is 0 Å². The maximum absolute atomic E-state index is 13.5. The normalized spacial score (nSPS) is 17.7. The molecule has 4 heterocycles. The van der Waals surface area contributed by atoms with E-state index in [1.807, 2.05) is 29.3 Å². The third-order valence-corrected chi connectivity index (χ3v) is 5.48. The summed E-state index contributed by atoms with van der Waals surface area (Å²) in [5, 5.41) is 0. The lowest BCUT2D eigenvalue weighted by molar-refractivity contribution is -0.0221. The van der Waals surface area contributed by atoms with Crippen LogP contribution in [0.15, 0.2) is 60.1 Å². The molecule has 0 radical (unpaired) electrons. The van der Waals surface area contributed by atoms with E-state index in [0.29, 0.717) is 12.4 Å². The molecule has 0 aliphatic carbocycles. The van der Waals surface area contributed by atoms with Gasteiger partial charge in [0.05, 0.1) is 18.0 Å². The van der Waals surface area contributed by atoms with E-state index in [-0.39, 0.29) is 25.9 Å². The molecule has 2 aliphatic rings. The first-order valence-electron chi connectivity index (χ1n) is 9.62. The predicted octanol–water partition coefficient (Wildman–Crippen LogP) is 4.13. The van der Waals surface area contributed by atoms with E-state index < -0.39 is 5.92 Å². The Bertz CT molecular complexity index is 1070. The molecular weight excluding hydrogens is 372 g/mol. The molecule has 5 nitrogen and oxygen atoms in total. The predicted molar refractivity (Wildman–Crippen MR) is 107 cm³/mol. The van der Waals surface area contributed by atoms with Crippen molar-refractivity contribution in [1.82, 2.24) is 15.0 Å². The molecule has 0 N–H and O–H groups in total. The average molecular weight is 391 g/mol. The highest BCUT2D eigenvalue weighted by atomic mass is 19.3. The van der Waals surface area contributed by atoms with Crippen molar-refractivity contribution < 1.29 is 8.78 Å². The van der Waals surface area contributed by atoms with Crippen LogP contribution in [-0.4, -0.2) is 39.7 Å². The zero-order chi connectivity index (χ0) is 19.8. The van der Waals surface area contributed by atoms with E-state index in [9.17, 15) is 8.78 Å². The number of hydrogen-bond donors (Lipinski definition) is 0. The summed E-state index contributed by atoms with van der Waals surface area (Å²) in [6, 6.07) is 12.1. The average Bonchev–Trinajstić information content (AvgIpc) is 3.18. The number of aliphatic imine (C=N–C) groups is 1. The molecule has 0 saturated carbocycles. The van der Waals surface area contributed by atoms with E-state index in [0.717, 1.165) is 33.7 Å². The molecule has 0 atom stereocenters. The minimum atomic E-state index is -2.58. The minimum absolute atomic E-state index is 0.148. The van der Waals surface area contributed by atoms with Crippen LogP contribution in [0, 0.1) is 0 Å². The fourth-order valence-corrected chi connectivity index (χ4v) is 3.83. The molecule has 0 amide bonds. The van der Waals surface area contributed by atoms with Crippen LogP contribution in [0.2, 0.25) is 0 Å². The Labute approximate surface area is 167 Å². The largest absolute Gasteiger partial charge is 0.356 e. The first-order chi connectivity index (χ1) is 14.1. The van der Waals surface area contributed by atoms with Gasteiger partial charge < -0.3 is 4.90 Å². The standard InChI is InChI=1S/C22H19F2N5/c23-22(24)5-8-29(9-6-22)20-11-19(27-14-28-20)21-18-10-15(3-4-17(18)13-26-21)16-2-1-7-25-12-16/h1-4,7,10-12,14H,5-6,8-9,13H2. The van der Waals surface area contributed by atoms with Crippen molar-refractivity contribution in [2.45, 2.75) is 25.3 Å². The maximum atomic E-state index is 13.5. The van der Waals surface area contributed by atoms with Gasteiger partial charge in [-0.15, -0.1) is 0 Å². The quantitative estimate of drug-likeness (QED) is 0.674. The van der Waals surface area contributed by atoms with Crippen LogP contribution in [0.1, 0.15) is 29.7 Å². The molecule has 2 aromatic heterocycles. The summed E-state index contributed by atoms with van der Waals surface area (Å²) in [6.45, 7) is 1.18. The third kappa shape index (κ3) is 3.48. The zero-order valence-electron chi connectivity index (χ0n) is 15.7. The molecule has 7 heteroatoms. The van der Waals surface area contributed by atoms with Gasteiger partial charge in [-0.3, -0.25) is 9.98 Å². The first-order valence-corrected chi connectivity index (χ1v) is 9.62. The smallest absolute Gasteiger partial charge is 0.251 e. The van der Waals surface area contributed by atoms with Crippen LogP contribution in [0.25, 0.3) is 11.1 Å². The zero-order valence-corrected chi connectivity index (χ0v) is 15.7. The van der Waals surface area contributed by atoms with Gasteiger partial charge in [0.1, 0.15) is 12.1 Å². The number of aromatic nitrogens is 3. The van der Waals surface area contributed by atoms with Crippen molar-refractivity contribution >= 4 is 11.5 Å². The van der Waals surface area contributed by atoms with Gasteiger partial charge in [-0.05, 0) is 23.3 Å². The van der Waals surface area contributed by atoms with Gasteiger partial charge in [-0.25, -0.2) is 18.7 Å². The number of hydrogen-bond acceptors (Lipinski definition) is 5. The van der Waals surface area contributed by atoms with Crippen LogP contribution in [0.4, 0.5) is 14.6 Å². The Balaban J connectivity index is 1.45. The first kappa shape index (κ1) is 17.8. The van der Waals surface area contributed by atoms with Gasteiger partial charge in [0.15, 0.2) is 0 Å². The Hall–Kier alpha value is -3.22. The number of piperidine rings is 1. The lowest BCUT2D eigenvalue weighted by Gasteiger charge is -2.32. The fraction of sp³-hybridized carbons (Fsp3) is 0.273. The summed E-state index contributed by atoms with van der Waals surface area (Å²) in [5.41, 5.74) is 5.83. The van der Waals surface area contributed by atoms with Crippen LogP contribution >= 0.6 is 0 Å². The van der Waals surface area contributed by atoms with Crippen LogP contribution in [0.3, 0.4) is 0 Å². The number of fused-ring (bicyclic) bond motifs is 1. The Kier molecular flexibility index (Phi) is 4.30. The highest BCUT2D eigenvalue weighted by molar-refractivity contribution is 6.14. The molecule has 5 rings (SSSR count). The van der Waals surface area contributed by atoms with Crippen molar-refractivity contribution in [2.75, 3.05) is 18.0 Å². The molecule has 3 aromatic rings. The van der Waals surface area contributed by atoms with E-state index >= 15 is 0 Å². The number of anilines is 1. The lowest BCUT2D eigenvalue weighted by atomic mass is 9.97. The van der Waals surface area contributed by atoms with Crippen molar-refractivity contribution in [3.05, 3.63) is 71.9 Å². The van der Waals surface area contributed by atoms with Crippen molar-refractivity contribution in [1.29, 1.82) is 0 Å². The fourth-order valence-electron chi connectivity index (χ4n) is 3.83. The number of nitrogens with zero attached hydrogens (tertiary/aromatic N) is 5. The van der Waals surface area contributed by atoms with Gasteiger partial charge in [-0.1, -0.05) is 18.2 Å². The third-order valence-electron chi connectivity index (χ3n) is 5.48. The van der Waals surface area contributed by atoms with Gasteiger partial charge in [0.2, 0.25) is 0 Å². The Morgan fingerprint density at radius 2 is 1.83 bits per heavy atom. The summed E-state index contributed by atoms with van der Waals surface area (Å²) < 4.78 is 27.0. The van der Waals surface area contributed by atoms with Crippen LogP contribution < -0.4 is 4.90 Å². The molecule has 0 bridgehead atoms. The molecule has 1 aromatic carbocycles. The highest BCUT2D eigenvalue weighted by Crippen LogP contribution is 2.31. The van der Waals surface area contributed by atoms with E-state index in [4.69, 9.17) is 4.99 Å². The molecule has 1 fully saturated rings. The number of pyridine rings is 1. The summed E-state index contributed by atoms with van der Waals surface area (Å²) in [4.78, 5) is 19.5. The summed E-state index contributed by atoms with van der Waals surface area (Å²) in [6.07, 6.45) is 4.78. The Morgan fingerprint density at radius 3 is 2.62 bits per heavy atom. The molecule has 29 heavy (non-hydrogen) atoms. The maximum Gasteiger partial charge on any atom is 0.251 e. The second kappa shape index (κ2) is 6.99. The second-order valence-corrected chi connectivity index (χ2v) is 7.38. The van der Waals surface area contributed by atoms with E-state index in [2.05, 4.69) is 33.2 Å². The van der Waals surface area contributed by atoms with E-state index in [1.165, 1.54) is 6.33 Å². The number of rotatable bonds is 3. The SMILES string of the molecule is FC1(F)CCN(c2cc(C3=NCc4ccc(-c5cccnc5)cc43)ncn2)CC1. The molecule has 0 unspecified atom stereocenters. The lowest BCUT2D eigenvalue weighted by Crippen LogP contribution is -2.39. The number of halogens is 2. The topological polar surface area (TPSA) is 54.3 Å². The molecular formula is C22H19F2N5. The van der Waals surface area contributed by atoms with Crippen LogP contribution in [-0.2, 0) is 6.54 Å². The van der Waals surface area contributed by atoms with E-state index in [1.54, 1.807) is 6.20 Å².